The molecule has 1 aromatic rings. The summed E-state index contributed by atoms with van der Waals surface area (Å²) < 4.78 is 1.14. The van der Waals surface area contributed by atoms with Crippen molar-refractivity contribution in [1.29, 1.82) is 0 Å². The third kappa shape index (κ3) is 2.19. The van der Waals surface area contributed by atoms with Gasteiger partial charge in [-0.15, -0.1) is 6.58 Å². The molecule has 7 nitrogen and oxygen atoms in total. The number of hydrogen-bond donors (Lipinski definition) is 0. The van der Waals surface area contributed by atoms with Crippen LogP contribution in [0.25, 0.3) is 0 Å². The van der Waals surface area contributed by atoms with E-state index in [9.17, 15) is 10.4 Å². The topological polar surface area (TPSA) is 71.1 Å². The number of fused-ring (bicyclic) bond motifs is 1. The molecule has 1 aliphatic heterocycles. The van der Waals surface area contributed by atoms with Crippen LogP contribution in [-0.2, 0) is 13.1 Å². The van der Waals surface area contributed by atoms with E-state index < -0.39 is 4.65 Å². The summed E-state index contributed by atoms with van der Waals surface area (Å²) >= 11 is 0. The average molecular weight is 253 g/mol. The monoisotopic (exact) mass is 253 g/mol. The Hall–Kier alpha value is -1.60. The Morgan fingerprint density at radius 2 is 2.33 bits per heavy atom. The van der Waals surface area contributed by atoms with Crippen LogP contribution in [0.5, 0.6) is 0 Å². The molecule has 2 rings (SSSR count). The summed E-state index contributed by atoms with van der Waals surface area (Å²) in [5, 5.41) is 27.8. The summed E-state index contributed by atoms with van der Waals surface area (Å²) in [5.41, 5.74) is 0.573. The molecular weight excluding hydrogens is 234 g/mol. The molecule has 0 aliphatic carbocycles. The Morgan fingerprint density at radius 1 is 1.61 bits per heavy atom. The second kappa shape index (κ2) is 4.58. The summed E-state index contributed by atoms with van der Waals surface area (Å²) in [4.78, 5) is 2.46. The van der Waals surface area contributed by atoms with Gasteiger partial charge in [-0.05, 0) is 6.42 Å². The molecule has 0 bridgehead atoms. The van der Waals surface area contributed by atoms with Gasteiger partial charge in [0.2, 0.25) is 11.5 Å². The van der Waals surface area contributed by atoms with Gasteiger partial charge in [-0.3, -0.25) is 0 Å². The zero-order valence-electron chi connectivity index (χ0n) is 10.9. The summed E-state index contributed by atoms with van der Waals surface area (Å²) in [5.74, 6) is 0.762. The van der Waals surface area contributed by atoms with E-state index in [2.05, 4.69) is 11.7 Å². The van der Waals surface area contributed by atoms with Crippen molar-refractivity contribution in [3.63, 3.8) is 0 Å². The number of hydrogen-bond acceptors (Lipinski definition) is 4. The Kier molecular flexibility index (Phi) is 3.27. The van der Waals surface area contributed by atoms with E-state index in [1.165, 1.54) is 0 Å². The molecule has 0 N–H and O–H groups in total. The molecule has 18 heavy (non-hydrogen) atoms. The van der Waals surface area contributed by atoms with Gasteiger partial charge in [-0.1, -0.05) is 17.7 Å². The van der Waals surface area contributed by atoms with E-state index in [1.807, 2.05) is 11.8 Å². The van der Waals surface area contributed by atoms with E-state index in [1.54, 1.807) is 17.8 Å². The van der Waals surface area contributed by atoms with Gasteiger partial charge in [0.25, 0.3) is 0 Å². The van der Waals surface area contributed by atoms with E-state index in [0.29, 0.717) is 30.4 Å². The van der Waals surface area contributed by atoms with Crippen LogP contribution in [0.4, 0.5) is 5.82 Å². The van der Waals surface area contributed by atoms with Gasteiger partial charge in [0.15, 0.2) is 6.67 Å². The van der Waals surface area contributed by atoms with Gasteiger partial charge in [0.05, 0.1) is 13.6 Å². The molecule has 0 saturated heterocycles. The average Bonchev–Trinajstić information content (AvgIpc) is 2.54. The second-order valence-electron chi connectivity index (χ2n) is 4.85. The fourth-order valence-electron chi connectivity index (χ4n) is 2.38. The molecule has 2 heterocycles. The Labute approximate surface area is 106 Å². The normalized spacial score (nSPS) is 22.9. The highest BCUT2D eigenvalue weighted by atomic mass is 16.5. The van der Waals surface area contributed by atoms with E-state index in [4.69, 9.17) is 0 Å². The highest BCUT2D eigenvalue weighted by Gasteiger charge is 2.35. The summed E-state index contributed by atoms with van der Waals surface area (Å²) in [7, 11) is 1.59. The first kappa shape index (κ1) is 12.8. The minimum atomic E-state index is -0.440. The number of quaternary nitrogens is 1. The molecule has 1 atom stereocenters. The van der Waals surface area contributed by atoms with Crippen LogP contribution in [0.15, 0.2) is 12.7 Å². The number of aromatic nitrogens is 3. The van der Waals surface area contributed by atoms with Crippen LogP contribution in [0.1, 0.15) is 19.0 Å². The van der Waals surface area contributed by atoms with Crippen LogP contribution >= 0.6 is 0 Å². The second-order valence-corrected chi connectivity index (χ2v) is 4.85. The largest absolute Gasteiger partial charge is 0.631 e. The number of anilines is 1. The smallest absolute Gasteiger partial charge is 0.212 e. The molecule has 7 heteroatoms. The lowest BCUT2D eigenvalue weighted by atomic mass is 10.3. The van der Waals surface area contributed by atoms with Crippen LogP contribution in [0, 0.1) is 10.4 Å². The SMILES string of the molecule is C=CCN1C[N+](C)([O-])Cc2n[n+]([O-])n(CCC)c21. The molecule has 0 spiro atoms. The molecule has 0 radical (unpaired) electrons. The number of rotatable bonds is 4. The van der Waals surface area contributed by atoms with Gasteiger partial charge in [0.1, 0.15) is 6.54 Å². The van der Waals surface area contributed by atoms with Crippen molar-refractivity contribution in [2.45, 2.75) is 26.4 Å². The minimum Gasteiger partial charge on any atom is -0.631 e. The summed E-state index contributed by atoms with van der Waals surface area (Å²) in [6.45, 7) is 7.38. The van der Waals surface area contributed by atoms with Gasteiger partial charge in [-0.2, -0.15) is 0 Å². The third-order valence-electron chi connectivity index (χ3n) is 2.95. The van der Waals surface area contributed by atoms with Gasteiger partial charge in [0, 0.05) is 16.6 Å². The van der Waals surface area contributed by atoms with Crippen molar-refractivity contribution >= 4 is 5.82 Å². The van der Waals surface area contributed by atoms with Gasteiger partial charge < -0.3 is 20.0 Å². The molecule has 100 valence electrons. The Balaban J connectivity index is 2.46. The molecule has 1 unspecified atom stereocenters. The molecule has 1 aliphatic rings. The van der Waals surface area contributed by atoms with Crippen molar-refractivity contribution in [2.24, 2.45) is 0 Å². The fourth-order valence-corrected chi connectivity index (χ4v) is 2.38. The first-order chi connectivity index (χ1) is 8.48. The van der Waals surface area contributed by atoms with Crippen LogP contribution in [-0.4, -0.2) is 34.7 Å². The lowest BCUT2D eigenvalue weighted by Gasteiger charge is -2.44. The van der Waals surface area contributed by atoms with Crippen molar-refractivity contribution in [1.82, 2.24) is 9.78 Å². The predicted molar refractivity (Wildman–Crippen MR) is 67.1 cm³/mol. The first-order valence-corrected chi connectivity index (χ1v) is 6.09. The highest BCUT2D eigenvalue weighted by molar-refractivity contribution is 5.44. The molecule has 0 fully saturated rings. The standard InChI is InChI=1S/C11H19N5O2/c1-4-6-13-9-16(3,18)8-10-11(13)14(7-5-2)15(17)12-10/h4H,1,5-9H2,2-3H3. The van der Waals surface area contributed by atoms with Crippen LogP contribution in [0.2, 0.25) is 0 Å². The minimum absolute atomic E-state index is 0.238. The molecular formula is C11H19N5O2. The maximum absolute atomic E-state index is 12.2. The quantitative estimate of drug-likeness (QED) is 0.335. The molecule has 0 amide bonds. The number of nitrogens with zero attached hydrogens (tertiary/aromatic N) is 5. The molecule has 1 aromatic heterocycles. The van der Waals surface area contributed by atoms with Gasteiger partial charge >= 0.3 is 0 Å². The zero-order valence-corrected chi connectivity index (χ0v) is 10.9. The summed E-state index contributed by atoms with van der Waals surface area (Å²) in [6, 6.07) is 0. The van der Waals surface area contributed by atoms with E-state index >= 15 is 0 Å². The molecule has 0 saturated carbocycles. The van der Waals surface area contributed by atoms with Crippen molar-refractivity contribution in [3.05, 3.63) is 28.8 Å². The third-order valence-corrected chi connectivity index (χ3v) is 2.95. The zero-order chi connectivity index (χ0) is 13.3. The predicted octanol–water partition coefficient (Wildman–Crippen LogP) is 0.334. The lowest BCUT2D eigenvalue weighted by Crippen LogP contribution is -2.51. The van der Waals surface area contributed by atoms with E-state index in [-0.39, 0.29) is 6.54 Å². The highest BCUT2D eigenvalue weighted by Crippen LogP contribution is 2.27. The van der Waals surface area contributed by atoms with Crippen molar-refractivity contribution in [3.8, 4) is 0 Å². The van der Waals surface area contributed by atoms with Crippen molar-refractivity contribution < 1.29 is 9.61 Å². The lowest BCUT2D eigenvalue weighted by molar-refractivity contribution is -0.876. The maximum Gasteiger partial charge on any atom is 0.212 e. The molecule has 0 aromatic carbocycles. The number of hydroxylamine groups is 3. The van der Waals surface area contributed by atoms with Crippen LogP contribution < -0.4 is 9.86 Å². The Bertz CT molecular complexity index is 455. The maximum atomic E-state index is 12.2. The van der Waals surface area contributed by atoms with Crippen LogP contribution in [0.3, 0.4) is 0 Å². The van der Waals surface area contributed by atoms with Gasteiger partial charge in [-0.25, -0.2) is 0 Å². The first-order valence-electron chi connectivity index (χ1n) is 6.09. The fraction of sp³-hybridized carbons (Fsp3) is 0.636. The van der Waals surface area contributed by atoms with Crippen molar-refractivity contribution in [2.75, 3.05) is 25.2 Å². The summed E-state index contributed by atoms with van der Waals surface area (Å²) in [6.07, 6.45) is 2.57. The van der Waals surface area contributed by atoms with E-state index in [0.717, 1.165) is 12.2 Å². The Morgan fingerprint density at radius 3 is 2.94 bits per heavy atom.